The standard InChI is InChI=1S/C20H22INO2/c1-5-9-24-20-17(21)11-16(12-19(20)23-6-2)13-22-18-10-14(3)7-8-15(18)4/h1,7-8,10-12,22H,6,9,13H2,2-4H3. The zero-order chi connectivity index (χ0) is 17.5. The quantitative estimate of drug-likeness (QED) is 0.494. The Labute approximate surface area is 157 Å². The van der Waals surface area contributed by atoms with E-state index >= 15 is 0 Å². The molecule has 0 radical (unpaired) electrons. The molecule has 24 heavy (non-hydrogen) atoms. The minimum absolute atomic E-state index is 0.232. The number of ether oxygens (including phenoxy) is 2. The van der Waals surface area contributed by atoms with Crippen molar-refractivity contribution in [3.8, 4) is 23.8 Å². The number of anilines is 1. The van der Waals surface area contributed by atoms with Gasteiger partial charge in [-0.05, 0) is 78.3 Å². The van der Waals surface area contributed by atoms with Crippen molar-refractivity contribution in [1.82, 2.24) is 0 Å². The van der Waals surface area contributed by atoms with E-state index in [-0.39, 0.29) is 6.61 Å². The fourth-order valence-corrected chi connectivity index (χ4v) is 3.19. The topological polar surface area (TPSA) is 30.5 Å². The maximum atomic E-state index is 5.72. The lowest BCUT2D eigenvalue weighted by atomic mass is 10.1. The second-order valence-electron chi connectivity index (χ2n) is 5.50. The van der Waals surface area contributed by atoms with Crippen molar-refractivity contribution in [3.05, 3.63) is 50.6 Å². The first-order valence-corrected chi connectivity index (χ1v) is 8.95. The second-order valence-corrected chi connectivity index (χ2v) is 6.66. The molecule has 0 bridgehead atoms. The normalized spacial score (nSPS) is 10.1. The highest BCUT2D eigenvalue weighted by molar-refractivity contribution is 14.1. The van der Waals surface area contributed by atoms with Crippen LogP contribution >= 0.6 is 22.6 Å². The van der Waals surface area contributed by atoms with E-state index in [2.05, 4.69) is 71.9 Å². The summed E-state index contributed by atoms with van der Waals surface area (Å²) in [5.41, 5.74) is 4.76. The Morgan fingerprint density at radius 1 is 1.17 bits per heavy atom. The number of halogens is 1. The van der Waals surface area contributed by atoms with Crippen LogP contribution in [0.25, 0.3) is 0 Å². The monoisotopic (exact) mass is 435 g/mol. The SMILES string of the molecule is C#CCOc1c(I)cc(CNc2cc(C)ccc2C)cc1OCC. The van der Waals surface area contributed by atoms with E-state index in [1.807, 2.05) is 13.0 Å². The van der Waals surface area contributed by atoms with Crippen molar-refractivity contribution < 1.29 is 9.47 Å². The predicted molar refractivity (Wildman–Crippen MR) is 108 cm³/mol. The summed E-state index contributed by atoms with van der Waals surface area (Å²) in [6, 6.07) is 10.5. The molecule has 126 valence electrons. The third-order valence-corrected chi connectivity index (χ3v) is 4.35. The van der Waals surface area contributed by atoms with E-state index in [1.54, 1.807) is 0 Å². The lowest BCUT2D eigenvalue weighted by molar-refractivity contribution is 0.297. The van der Waals surface area contributed by atoms with Crippen LogP contribution in [0.2, 0.25) is 0 Å². The molecular formula is C20H22INO2. The number of nitrogens with one attached hydrogen (secondary N) is 1. The maximum absolute atomic E-state index is 5.72. The highest BCUT2D eigenvalue weighted by atomic mass is 127. The lowest BCUT2D eigenvalue weighted by Gasteiger charge is -2.16. The Balaban J connectivity index is 2.21. The Hall–Kier alpha value is -1.87. The summed E-state index contributed by atoms with van der Waals surface area (Å²) in [5.74, 6) is 3.94. The zero-order valence-corrected chi connectivity index (χ0v) is 16.4. The molecule has 0 amide bonds. The largest absolute Gasteiger partial charge is 0.490 e. The highest BCUT2D eigenvalue weighted by Crippen LogP contribution is 2.34. The Bertz CT molecular complexity index is 750. The zero-order valence-electron chi connectivity index (χ0n) is 14.3. The third kappa shape index (κ3) is 4.81. The fraction of sp³-hybridized carbons (Fsp3) is 0.300. The van der Waals surface area contributed by atoms with Crippen LogP contribution in [-0.2, 0) is 6.54 Å². The molecule has 0 aromatic heterocycles. The van der Waals surface area contributed by atoms with Crippen LogP contribution in [0, 0.1) is 29.8 Å². The van der Waals surface area contributed by atoms with Crippen LogP contribution in [0.5, 0.6) is 11.5 Å². The first kappa shape index (κ1) is 18.5. The van der Waals surface area contributed by atoms with E-state index in [4.69, 9.17) is 15.9 Å². The first-order chi connectivity index (χ1) is 11.5. The van der Waals surface area contributed by atoms with E-state index in [9.17, 15) is 0 Å². The van der Waals surface area contributed by atoms with Gasteiger partial charge in [-0.15, -0.1) is 6.42 Å². The summed E-state index contributed by atoms with van der Waals surface area (Å²) in [7, 11) is 0. The number of benzene rings is 2. The van der Waals surface area contributed by atoms with Gasteiger partial charge in [-0.2, -0.15) is 0 Å². The molecule has 1 N–H and O–H groups in total. The van der Waals surface area contributed by atoms with Gasteiger partial charge in [0.05, 0.1) is 10.2 Å². The van der Waals surface area contributed by atoms with Gasteiger partial charge in [0.2, 0.25) is 0 Å². The summed E-state index contributed by atoms with van der Waals surface area (Å²) >= 11 is 2.26. The van der Waals surface area contributed by atoms with Crippen molar-refractivity contribution in [2.45, 2.75) is 27.3 Å². The molecule has 4 heteroatoms. The van der Waals surface area contributed by atoms with Crippen LogP contribution in [0.4, 0.5) is 5.69 Å². The molecular weight excluding hydrogens is 413 g/mol. The van der Waals surface area contributed by atoms with Crippen LogP contribution in [0.1, 0.15) is 23.6 Å². The van der Waals surface area contributed by atoms with E-state index in [0.29, 0.717) is 12.4 Å². The van der Waals surface area contributed by atoms with Crippen molar-refractivity contribution in [2.24, 2.45) is 0 Å². The number of rotatable bonds is 7. The molecule has 0 unspecified atom stereocenters. The fourth-order valence-electron chi connectivity index (χ4n) is 2.36. The maximum Gasteiger partial charge on any atom is 0.175 e. The van der Waals surface area contributed by atoms with Crippen LogP contribution in [-0.4, -0.2) is 13.2 Å². The van der Waals surface area contributed by atoms with Gasteiger partial charge >= 0.3 is 0 Å². The highest BCUT2D eigenvalue weighted by Gasteiger charge is 2.12. The molecule has 0 saturated carbocycles. The number of terminal acetylenes is 1. The molecule has 0 saturated heterocycles. The van der Waals surface area contributed by atoms with Gasteiger partial charge in [0, 0.05) is 12.2 Å². The van der Waals surface area contributed by atoms with E-state index in [1.165, 1.54) is 11.1 Å². The lowest BCUT2D eigenvalue weighted by Crippen LogP contribution is -2.05. The van der Waals surface area contributed by atoms with Gasteiger partial charge in [0.1, 0.15) is 6.61 Å². The molecule has 0 aliphatic heterocycles. The van der Waals surface area contributed by atoms with Crippen molar-refractivity contribution in [3.63, 3.8) is 0 Å². The Morgan fingerprint density at radius 2 is 1.96 bits per heavy atom. The molecule has 2 aromatic carbocycles. The van der Waals surface area contributed by atoms with Crippen LogP contribution in [0.3, 0.4) is 0 Å². The Morgan fingerprint density at radius 3 is 2.67 bits per heavy atom. The van der Waals surface area contributed by atoms with Gasteiger partial charge in [-0.3, -0.25) is 0 Å². The second kappa shape index (κ2) is 8.84. The average molecular weight is 435 g/mol. The summed E-state index contributed by atoms with van der Waals surface area (Å²) in [4.78, 5) is 0. The first-order valence-electron chi connectivity index (χ1n) is 7.87. The number of hydrogen-bond donors (Lipinski definition) is 1. The molecule has 3 nitrogen and oxygen atoms in total. The van der Waals surface area contributed by atoms with Gasteiger partial charge < -0.3 is 14.8 Å². The summed E-state index contributed by atoms with van der Waals surface area (Å²) in [5, 5.41) is 3.50. The molecule has 0 spiro atoms. The van der Waals surface area contributed by atoms with Gasteiger partial charge in [0.25, 0.3) is 0 Å². The molecule has 2 rings (SSSR count). The average Bonchev–Trinajstić information content (AvgIpc) is 2.55. The third-order valence-electron chi connectivity index (χ3n) is 3.55. The molecule has 0 aliphatic rings. The van der Waals surface area contributed by atoms with Gasteiger partial charge in [0.15, 0.2) is 11.5 Å². The van der Waals surface area contributed by atoms with Crippen LogP contribution < -0.4 is 14.8 Å². The van der Waals surface area contributed by atoms with E-state index < -0.39 is 0 Å². The molecule has 0 fully saturated rings. The van der Waals surface area contributed by atoms with E-state index in [0.717, 1.165) is 27.1 Å². The molecule has 0 heterocycles. The molecule has 2 aromatic rings. The summed E-state index contributed by atoms with van der Waals surface area (Å²) in [6.45, 7) is 7.69. The Kier molecular flexibility index (Phi) is 6.80. The van der Waals surface area contributed by atoms with Gasteiger partial charge in [-0.25, -0.2) is 0 Å². The van der Waals surface area contributed by atoms with Gasteiger partial charge in [-0.1, -0.05) is 18.1 Å². The smallest absolute Gasteiger partial charge is 0.175 e. The predicted octanol–water partition coefficient (Wildman–Crippen LogP) is 4.93. The minimum Gasteiger partial charge on any atom is -0.490 e. The molecule has 0 atom stereocenters. The number of aryl methyl sites for hydroxylation is 2. The minimum atomic E-state index is 0.232. The molecule has 0 aliphatic carbocycles. The van der Waals surface area contributed by atoms with Crippen molar-refractivity contribution in [1.29, 1.82) is 0 Å². The number of hydrogen-bond acceptors (Lipinski definition) is 3. The van der Waals surface area contributed by atoms with Crippen LogP contribution in [0.15, 0.2) is 30.3 Å². The van der Waals surface area contributed by atoms with Crippen molar-refractivity contribution >= 4 is 28.3 Å². The summed E-state index contributed by atoms with van der Waals surface area (Å²) < 4.78 is 12.3. The van der Waals surface area contributed by atoms with Crippen molar-refractivity contribution in [2.75, 3.05) is 18.5 Å². The summed E-state index contributed by atoms with van der Waals surface area (Å²) in [6.07, 6.45) is 5.29.